The van der Waals surface area contributed by atoms with E-state index in [1.807, 2.05) is 31.2 Å². The van der Waals surface area contributed by atoms with Crippen LogP contribution in [0.4, 0.5) is 9.80 Å². The molecule has 188 valence electrons. The largest absolute Gasteiger partial charge is 0.338 e. The number of hydrogen-bond acceptors (Lipinski definition) is 7. The number of aliphatic imine (C=N–C) groups is 1. The third-order valence-electron chi connectivity index (χ3n) is 6.34. The van der Waals surface area contributed by atoms with Crippen molar-refractivity contribution in [1.82, 2.24) is 15.5 Å². The average molecular weight is 520 g/mol. The van der Waals surface area contributed by atoms with E-state index >= 15 is 0 Å². The standard InChI is InChI=1S/C23H29N5O5S2/c1-4-24-22(31)26-19-18(15-7-5-6-8-16(15)34-19)20(29)28-11-9-23(10-12-28)21(30)25-17(27-23)13-35(32,33)14(2)3/h5-8,14H,4,9-13H2,1-3H3,(H2,24,26,31)(H,25,27,30). The van der Waals surface area contributed by atoms with Gasteiger partial charge in [0.15, 0.2) is 9.84 Å². The number of nitrogens with zero attached hydrogens (tertiary/aromatic N) is 2. The number of benzene rings is 1. The zero-order chi connectivity index (χ0) is 25.4. The highest BCUT2D eigenvalue weighted by Crippen LogP contribution is 2.38. The molecule has 2 aliphatic rings. The highest BCUT2D eigenvalue weighted by molar-refractivity contribution is 7.92. The predicted molar refractivity (Wildman–Crippen MR) is 137 cm³/mol. The number of urea groups is 1. The lowest BCUT2D eigenvalue weighted by Crippen LogP contribution is -2.50. The molecule has 2 aliphatic heterocycles. The van der Waals surface area contributed by atoms with E-state index in [2.05, 4.69) is 20.9 Å². The SMILES string of the molecule is CCNC(=O)Nc1sc2ccccc2c1C(=O)N1CCC2(CC1)N=C(CS(=O)(=O)C(C)C)NC2=O. The van der Waals surface area contributed by atoms with E-state index in [4.69, 9.17) is 0 Å². The van der Waals surface area contributed by atoms with Crippen LogP contribution >= 0.6 is 11.3 Å². The Morgan fingerprint density at radius 3 is 2.57 bits per heavy atom. The Bertz CT molecular complexity index is 1310. The van der Waals surface area contributed by atoms with Crippen molar-refractivity contribution in [3.63, 3.8) is 0 Å². The third-order valence-corrected chi connectivity index (χ3v) is 9.54. The fourth-order valence-electron chi connectivity index (χ4n) is 4.24. The first kappa shape index (κ1) is 25.1. The Kier molecular flexibility index (Phi) is 6.87. The minimum absolute atomic E-state index is 0.167. The molecule has 3 heterocycles. The summed E-state index contributed by atoms with van der Waals surface area (Å²) in [4.78, 5) is 44.7. The van der Waals surface area contributed by atoms with E-state index < -0.39 is 20.6 Å². The number of nitrogens with one attached hydrogen (secondary N) is 3. The summed E-state index contributed by atoms with van der Waals surface area (Å²) in [5.41, 5.74) is -0.631. The highest BCUT2D eigenvalue weighted by atomic mass is 32.2. The first-order chi connectivity index (χ1) is 16.6. The Balaban J connectivity index is 1.54. The van der Waals surface area contributed by atoms with Gasteiger partial charge in [-0.2, -0.15) is 0 Å². The number of sulfone groups is 1. The van der Waals surface area contributed by atoms with E-state index in [1.165, 1.54) is 11.3 Å². The second-order valence-corrected chi connectivity index (χ2v) is 12.6. The number of amides is 4. The number of likely N-dealkylation sites (tertiary alicyclic amines) is 1. The summed E-state index contributed by atoms with van der Waals surface area (Å²) in [6.07, 6.45) is 0.577. The van der Waals surface area contributed by atoms with Crippen molar-refractivity contribution >= 4 is 59.9 Å². The van der Waals surface area contributed by atoms with Gasteiger partial charge in [0.1, 0.15) is 22.1 Å². The number of piperidine rings is 1. The minimum Gasteiger partial charge on any atom is -0.338 e. The normalized spacial score (nSPS) is 17.5. The summed E-state index contributed by atoms with van der Waals surface area (Å²) >= 11 is 1.34. The zero-order valence-corrected chi connectivity index (χ0v) is 21.5. The van der Waals surface area contributed by atoms with Gasteiger partial charge >= 0.3 is 6.03 Å². The van der Waals surface area contributed by atoms with Crippen LogP contribution in [0.15, 0.2) is 29.3 Å². The average Bonchev–Trinajstić information content (AvgIpc) is 3.30. The maximum absolute atomic E-state index is 13.6. The van der Waals surface area contributed by atoms with Crippen LogP contribution < -0.4 is 16.0 Å². The van der Waals surface area contributed by atoms with E-state index in [1.54, 1.807) is 18.7 Å². The van der Waals surface area contributed by atoms with E-state index in [-0.39, 0.29) is 55.4 Å². The predicted octanol–water partition coefficient (Wildman–Crippen LogP) is 2.37. The van der Waals surface area contributed by atoms with Crippen LogP contribution in [0.25, 0.3) is 10.1 Å². The van der Waals surface area contributed by atoms with Crippen LogP contribution in [-0.2, 0) is 14.6 Å². The molecular formula is C23H29N5O5S2. The van der Waals surface area contributed by atoms with Crippen molar-refractivity contribution in [2.24, 2.45) is 4.99 Å². The number of amidine groups is 1. The first-order valence-corrected chi connectivity index (χ1v) is 14.1. The number of carbonyl (C=O) groups is 3. The smallest absolute Gasteiger partial charge is 0.319 e. The van der Waals surface area contributed by atoms with Crippen molar-refractivity contribution in [1.29, 1.82) is 0 Å². The van der Waals surface area contributed by atoms with Crippen molar-refractivity contribution in [3.05, 3.63) is 29.8 Å². The van der Waals surface area contributed by atoms with E-state index in [0.717, 1.165) is 10.1 Å². The maximum atomic E-state index is 13.6. The van der Waals surface area contributed by atoms with Gasteiger partial charge in [0, 0.05) is 29.7 Å². The monoisotopic (exact) mass is 519 g/mol. The number of rotatable bonds is 6. The molecule has 10 nitrogen and oxygen atoms in total. The van der Waals surface area contributed by atoms with Crippen molar-refractivity contribution in [2.45, 2.75) is 44.4 Å². The van der Waals surface area contributed by atoms with Gasteiger partial charge in [0.25, 0.3) is 11.8 Å². The van der Waals surface area contributed by atoms with Crippen LogP contribution in [-0.4, -0.2) is 73.2 Å². The molecule has 0 bridgehead atoms. The van der Waals surface area contributed by atoms with Crippen molar-refractivity contribution < 1.29 is 22.8 Å². The lowest BCUT2D eigenvalue weighted by molar-refractivity contribution is -0.125. The molecule has 1 aromatic heterocycles. The van der Waals surface area contributed by atoms with E-state index in [9.17, 15) is 22.8 Å². The van der Waals surface area contributed by atoms with Gasteiger partial charge in [0.2, 0.25) is 0 Å². The highest BCUT2D eigenvalue weighted by Gasteiger charge is 2.47. The number of carbonyl (C=O) groups excluding carboxylic acids is 3. The summed E-state index contributed by atoms with van der Waals surface area (Å²) in [6.45, 7) is 6.02. The molecule has 3 N–H and O–H groups in total. The Hall–Kier alpha value is -2.99. The van der Waals surface area contributed by atoms with E-state index in [0.29, 0.717) is 17.1 Å². The molecule has 1 spiro atoms. The van der Waals surface area contributed by atoms with Gasteiger partial charge in [-0.1, -0.05) is 18.2 Å². The number of hydrogen-bond donors (Lipinski definition) is 3. The lowest BCUT2D eigenvalue weighted by Gasteiger charge is -2.35. The summed E-state index contributed by atoms with van der Waals surface area (Å²) in [5.74, 6) is -0.691. The summed E-state index contributed by atoms with van der Waals surface area (Å²) in [6, 6.07) is 7.09. The van der Waals surface area contributed by atoms with Crippen molar-refractivity contribution in [3.8, 4) is 0 Å². The molecule has 0 atom stereocenters. The van der Waals surface area contributed by atoms with Gasteiger partial charge in [-0.3, -0.25) is 19.9 Å². The zero-order valence-electron chi connectivity index (χ0n) is 19.9. The second kappa shape index (κ2) is 9.57. The first-order valence-electron chi connectivity index (χ1n) is 11.5. The maximum Gasteiger partial charge on any atom is 0.319 e. The molecular weight excluding hydrogens is 490 g/mol. The number of anilines is 1. The molecule has 12 heteroatoms. The molecule has 1 saturated heterocycles. The molecule has 1 aromatic carbocycles. The fourth-order valence-corrected chi connectivity index (χ4v) is 6.18. The van der Waals surface area contributed by atoms with Gasteiger partial charge in [-0.25, -0.2) is 13.2 Å². The number of thiophene rings is 1. The summed E-state index contributed by atoms with van der Waals surface area (Å²) in [5, 5.41) is 8.77. The molecule has 2 aromatic rings. The second-order valence-electron chi connectivity index (χ2n) is 8.98. The number of fused-ring (bicyclic) bond motifs is 1. The molecule has 0 saturated carbocycles. The topological polar surface area (TPSA) is 137 Å². The van der Waals surface area contributed by atoms with Gasteiger partial charge in [-0.05, 0) is 39.7 Å². The molecule has 4 rings (SSSR count). The summed E-state index contributed by atoms with van der Waals surface area (Å²) < 4.78 is 25.4. The molecule has 0 unspecified atom stereocenters. The quantitative estimate of drug-likeness (QED) is 0.538. The van der Waals surface area contributed by atoms with Crippen LogP contribution in [0, 0.1) is 0 Å². The Morgan fingerprint density at radius 2 is 1.91 bits per heavy atom. The molecule has 0 radical (unpaired) electrons. The van der Waals surface area contributed by atoms with Gasteiger partial charge < -0.3 is 15.5 Å². The third kappa shape index (κ3) is 4.90. The Morgan fingerprint density at radius 1 is 1.23 bits per heavy atom. The van der Waals surface area contributed by atoms with Crippen molar-refractivity contribution in [2.75, 3.05) is 30.7 Å². The summed E-state index contributed by atoms with van der Waals surface area (Å²) in [7, 11) is -3.40. The molecule has 0 aliphatic carbocycles. The fraction of sp³-hybridized carbons (Fsp3) is 0.478. The van der Waals surface area contributed by atoms with Gasteiger partial charge in [-0.15, -0.1) is 11.3 Å². The molecule has 1 fully saturated rings. The Labute approximate surface area is 208 Å². The van der Waals surface area contributed by atoms with Gasteiger partial charge in [0.05, 0.1) is 10.8 Å². The molecule has 35 heavy (non-hydrogen) atoms. The van der Waals surface area contributed by atoms with Crippen LogP contribution in [0.2, 0.25) is 0 Å². The van der Waals surface area contributed by atoms with Crippen LogP contribution in [0.3, 0.4) is 0 Å². The van der Waals surface area contributed by atoms with Crippen LogP contribution in [0.5, 0.6) is 0 Å². The minimum atomic E-state index is -3.40. The van der Waals surface area contributed by atoms with Crippen LogP contribution in [0.1, 0.15) is 44.0 Å². The lowest BCUT2D eigenvalue weighted by atomic mass is 9.87. The molecule has 4 amide bonds.